The number of hydrogen-bond acceptors (Lipinski definition) is 5. The van der Waals surface area contributed by atoms with Crippen LogP contribution >= 0.6 is 0 Å². The molecule has 1 fully saturated rings. The van der Waals surface area contributed by atoms with Gasteiger partial charge in [-0.05, 0) is 25.0 Å². The van der Waals surface area contributed by atoms with E-state index in [9.17, 15) is 9.59 Å². The maximum absolute atomic E-state index is 12.1. The van der Waals surface area contributed by atoms with Crippen LogP contribution in [0.4, 0.5) is 11.5 Å². The van der Waals surface area contributed by atoms with E-state index in [1.807, 2.05) is 6.07 Å². The van der Waals surface area contributed by atoms with Crippen molar-refractivity contribution in [1.82, 2.24) is 15.0 Å². The molecular formula is C15H17N5O3. The number of ether oxygens (including phenoxy) is 1. The molecule has 8 heteroatoms. The molecule has 3 rings (SSSR count). The number of amides is 2. The SMILES string of the molecule is COc1ccccc1NC(=O)Cn1cc(NC(=O)C2CC2)nn1. The number of benzene rings is 1. The van der Waals surface area contributed by atoms with Crippen LogP contribution in [0.2, 0.25) is 0 Å². The number of aromatic nitrogens is 3. The van der Waals surface area contributed by atoms with Gasteiger partial charge >= 0.3 is 0 Å². The molecule has 1 saturated carbocycles. The average Bonchev–Trinajstić information content (AvgIpc) is 3.30. The summed E-state index contributed by atoms with van der Waals surface area (Å²) in [4.78, 5) is 23.7. The number of anilines is 2. The van der Waals surface area contributed by atoms with Crippen molar-refractivity contribution in [2.24, 2.45) is 5.92 Å². The second kappa shape index (κ2) is 6.47. The lowest BCUT2D eigenvalue weighted by atomic mass is 10.3. The third-order valence-corrected chi connectivity index (χ3v) is 3.42. The van der Waals surface area contributed by atoms with E-state index >= 15 is 0 Å². The number of nitrogens with one attached hydrogen (secondary N) is 2. The van der Waals surface area contributed by atoms with Gasteiger partial charge in [0.1, 0.15) is 12.3 Å². The number of carbonyl (C=O) groups excluding carboxylic acids is 2. The lowest BCUT2D eigenvalue weighted by Crippen LogP contribution is -2.19. The first-order valence-corrected chi connectivity index (χ1v) is 7.29. The minimum Gasteiger partial charge on any atom is -0.495 e. The molecule has 8 nitrogen and oxygen atoms in total. The summed E-state index contributed by atoms with van der Waals surface area (Å²) < 4.78 is 6.54. The first-order valence-electron chi connectivity index (χ1n) is 7.29. The van der Waals surface area contributed by atoms with Crippen LogP contribution in [0.3, 0.4) is 0 Å². The van der Waals surface area contributed by atoms with E-state index in [1.165, 1.54) is 18.0 Å². The molecule has 23 heavy (non-hydrogen) atoms. The van der Waals surface area contributed by atoms with Crippen molar-refractivity contribution in [1.29, 1.82) is 0 Å². The topological polar surface area (TPSA) is 98.1 Å². The Morgan fingerprint density at radius 2 is 2.09 bits per heavy atom. The molecule has 0 radical (unpaired) electrons. The van der Waals surface area contributed by atoms with Gasteiger partial charge in [0, 0.05) is 5.92 Å². The fraction of sp³-hybridized carbons (Fsp3) is 0.333. The molecule has 1 aromatic carbocycles. The first kappa shape index (κ1) is 15.0. The fourth-order valence-corrected chi connectivity index (χ4v) is 2.09. The van der Waals surface area contributed by atoms with Crippen molar-refractivity contribution in [2.45, 2.75) is 19.4 Å². The van der Waals surface area contributed by atoms with Gasteiger partial charge in [0.15, 0.2) is 5.82 Å². The third-order valence-electron chi connectivity index (χ3n) is 3.42. The standard InChI is InChI=1S/C15H17N5O3/c1-23-12-5-3-2-4-11(12)16-14(21)9-20-8-13(18-19-20)17-15(22)10-6-7-10/h2-5,8,10H,6-7,9H2,1H3,(H,16,21)(H,17,22). The zero-order valence-corrected chi connectivity index (χ0v) is 12.7. The molecule has 1 heterocycles. The molecule has 0 bridgehead atoms. The number of nitrogens with zero attached hydrogens (tertiary/aromatic N) is 3. The number of carbonyl (C=O) groups is 2. The van der Waals surface area contributed by atoms with E-state index in [-0.39, 0.29) is 24.3 Å². The molecule has 2 N–H and O–H groups in total. The zero-order valence-electron chi connectivity index (χ0n) is 12.7. The van der Waals surface area contributed by atoms with Crippen molar-refractivity contribution in [3.05, 3.63) is 30.5 Å². The van der Waals surface area contributed by atoms with Gasteiger partial charge in [-0.3, -0.25) is 9.59 Å². The molecular weight excluding hydrogens is 298 g/mol. The van der Waals surface area contributed by atoms with Gasteiger partial charge in [-0.1, -0.05) is 17.3 Å². The normalized spacial score (nSPS) is 13.4. The van der Waals surface area contributed by atoms with Crippen LogP contribution in [0.5, 0.6) is 5.75 Å². The Kier molecular flexibility index (Phi) is 4.22. The largest absolute Gasteiger partial charge is 0.495 e. The van der Waals surface area contributed by atoms with Crippen molar-refractivity contribution in [3.8, 4) is 5.75 Å². The van der Waals surface area contributed by atoms with Gasteiger partial charge in [-0.25, -0.2) is 4.68 Å². The van der Waals surface area contributed by atoms with Gasteiger partial charge in [0.25, 0.3) is 0 Å². The number of methoxy groups -OCH3 is 1. The summed E-state index contributed by atoms with van der Waals surface area (Å²) in [5.74, 6) is 0.716. The van der Waals surface area contributed by atoms with E-state index in [1.54, 1.807) is 18.2 Å². The van der Waals surface area contributed by atoms with Crippen molar-refractivity contribution < 1.29 is 14.3 Å². The Hall–Kier alpha value is -2.90. The van der Waals surface area contributed by atoms with Gasteiger partial charge in [-0.15, -0.1) is 5.10 Å². The molecule has 0 unspecified atom stereocenters. The highest BCUT2D eigenvalue weighted by atomic mass is 16.5. The highest BCUT2D eigenvalue weighted by Gasteiger charge is 2.30. The molecule has 2 amide bonds. The van der Waals surface area contributed by atoms with Crippen molar-refractivity contribution >= 4 is 23.3 Å². The lowest BCUT2D eigenvalue weighted by Gasteiger charge is -2.09. The van der Waals surface area contributed by atoms with Crippen LogP contribution in [0, 0.1) is 5.92 Å². The Labute approximate surface area is 132 Å². The summed E-state index contributed by atoms with van der Waals surface area (Å²) in [7, 11) is 1.54. The minimum atomic E-state index is -0.264. The Bertz CT molecular complexity index is 723. The molecule has 120 valence electrons. The van der Waals surface area contributed by atoms with Crippen LogP contribution in [-0.4, -0.2) is 33.9 Å². The van der Waals surface area contributed by atoms with Crippen LogP contribution < -0.4 is 15.4 Å². The smallest absolute Gasteiger partial charge is 0.246 e. The monoisotopic (exact) mass is 315 g/mol. The Balaban J connectivity index is 1.57. The fourth-order valence-electron chi connectivity index (χ4n) is 2.09. The van der Waals surface area contributed by atoms with E-state index in [0.717, 1.165) is 12.8 Å². The number of para-hydroxylation sites is 2. The Morgan fingerprint density at radius 1 is 1.30 bits per heavy atom. The van der Waals surface area contributed by atoms with E-state index in [2.05, 4.69) is 20.9 Å². The van der Waals surface area contributed by atoms with Crippen molar-refractivity contribution in [3.63, 3.8) is 0 Å². The quantitative estimate of drug-likeness (QED) is 0.836. The summed E-state index contributed by atoms with van der Waals surface area (Å²) in [5.41, 5.74) is 0.586. The molecule has 0 spiro atoms. The zero-order chi connectivity index (χ0) is 16.2. The molecule has 0 atom stereocenters. The van der Waals surface area contributed by atoms with Gasteiger partial charge in [0.2, 0.25) is 11.8 Å². The van der Waals surface area contributed by atoms with Gasteiger partial charge in [0.05, 0.1) is 19.0 Å². The van der Waals surface area contributed by atoms with Crippen LogP contribution in [-0.2, 0) is 16.1 Å². The maximum atomic E-state index is 12.1. The molecule has 1 aromatic heterocycles. The molecule has 0 saturated heterocycles. The van der Waals surface area contributed by atoms with E-state index < -0.39 is 0 Å². The predicted molar refractivity (Wildman–Crippen MR) is 83.0 cm³/mol. The van der Waals surface area contributed by atoms with Crippen molar-refractivity contribution in [2.75, 3.05) is 17.7 Å². The molecule has 2 aromatic rings. The van der Waals surface area contributed by atoms with E-state index in [4.69, 9.17) is 4.74 Å². The van der Waals surface area contributed by atoms with Crippen LogP contribution in [0.15, 0.2) is 30.5 Å². The maximum Gasteiger partial charge on any atom is 0.246 e. The Morgan fingerprint density at radius 3 is 2.83 bits per heavy atom. The summed E-state index contributed by atoms with van der Waals surface area (Å²) in [6.45, 7) is -0.00958. The third kappa shape index (κ3) is 3.85. The summed E-state index contributed by atoms with van der Waals surface area (Å²) in [5, 5.41) is 13.1. The second-order valence-electron chi connectivity index (χ2n) is 5.31. The summed E-state index contributed by atoms with van der Waals surface area (Å²) in [6, 6.07) is 7.13. The van der Waals surface area contributed by atoms with E-state index in [0.29, 0.717) is 17.3 Å². The highest BCUT2D eigenvalue weighted by molar-refractivity contribution is 5.93. The lowest BCUT2D eigenvalue weighted by molar-refractivity contribution is -0.117. The molecule has 0 aliphatic heterocycles. The van der Waals surface area contributed by atoms with Crippen LogP contribution in [0.1, 0.15) is 12.8 Å². The molecule has 1 aliphatic rings. The minimum absolute atomic E-state index is 0.00958. The predicted octanol–water partition coefficient (Wildman–Crippen LogP) is 1.27. The first-order chi connectivity index (χ1) is 11.2. The summed E-state index contributed by atoms with van der Waals surface area (Å²) in [6.07, 6.45) is 3.37. The average molecular weight is 315 g/mol. The second-order valence-corrected chi connectivity index (χ2v) is 5.31. The number of rotatable bonds is 6. The van der Waals surface area contributed by atoms with Gasteiger partial charge in [-0.2, -0.15) is 0 Å². The number of hydrogen-bond donors (Lipinski definition) is 2. The summed E-state index contributed by atoms with van der Waals surface area (Å²) >= 11 is 0. The van der Waals surface area contributed by atoms with Crippen LogP contribution in [0.25, 0.3) is 0 Å². The van der Waals surface area contributed by atoms with Gasteiger partial charge < -0.3 is 15.4 Å². The highest BCUT2D eigenvalue weighted by Crippen LogP contribution is 2.29. The molecule has 1 aliphatic carbocycles.